The fourth-order valence-electron chi connectivity index (χ4n) is 7.05. The van der Waals surface area contributed by atoms with Crippen LogP contribution in [0.25, 0.3) is 33.4 Å². The van der Waals surface area contributed by atoms with E-state index in [9.17, 15) is 18.0 Å². The second kappa shape index (κ2) is 10.8. The molecule has 8 rings (SSSR count). The van der Waals surface area contributed by atoms with Gasteiger partial charge in [0.2, 0.25) is 0 Å². The van der Waals surface area contributed by atoms with E-state index in [4.69, 9.17) is 14.7 Å². The Morgan fingerprint density at radius 2 is 1.43 bits per heavy atom. The van der Waals surface area contributed by atoms with E-state index in [1.165, 1.54) is 4.90 Å². The van der Waals surface area contributed by atoms with Crippen molar-refractivity contribution in [3.8, 4) is 28.4 Å². The van der Waals surface area contributed by atoms with Crippen LogP contribution in [0.4, 0.5) is 29.3 Å². The molecule has 0 fully saturated rings. The molecule has 230 valence electrons. The third-order valence-corrected chi connectivity index (χ3v) is 9.13. The van der Waals surface area contributed by atoms with Gasteiger partial charge in [-0.1, -0.05) is 120 Å². The van der Waals surface area contributed by atoms with Crippen LogP contribution in [-0.2, 0) is 6.42 Å². The Morgan fingerprint density at radius 1 is 0.766 bits per heavy atom. The van der Waals surface area contributed by atoms with Gasteiger partial charge in [0.05, 0.1) is 17.1 Å². The molecule has 9 heteroatoms. The number of nitrogens with zero attached hydrogens (tertiary/aromatic N) is 3. The number of carbonyl (C=O) groups is 1. The number of rotatable bonds is 5. The van der Waals surface area contributed by atoms with E-state index in [-0.39, 0.29) is 12.2 Å². The van der Waals surface area contributed by atoms with Crippen LogP contribution >= 0.6 is 0 Å². The maximum Gasteiger partial charge on any atom is 0.424 e. The first-order valence-electron chi connectivity index (χ1n) is 15.5. The molecule has 0 saturated carbocycles. The van der Waals surface area contributed by atoms with Gasteiger partial charge in [-0.3, -0.25) is 0 Å². The number of benzene rings is 5. The topological polar surface area (TPSA) is 55.3 Å². The Labute approximate surface area is 269 Å². The zero-order valence-corrected chi connectivity index (χ0v) is 25.6. The summed E-state index contributed by atoms with van der Waals surface area (Å²) in [6, 6.07) is 32.9. The monoisotopic (exact) mass is 625 g/mol. The molecule has 47 heavy (non-hydrogen) atoms. The second-order valence-electron chi connectivity index (χ2n) is 12.1. The van der Waals surface area contributed by atoms with E-state index < -0.39 is 25.4 Å². The molecule has 0 saturated heterocycles. The predicted octanol–water partition coefficient (Wildman–Crippen LogP) is 7.56. The molecule has 5 aromatic carbocycles. The third-order valence-electron chi connectivity index (χ3n) is 9.13. The van der Waals surface area contributed by atoms with Crippen molar-refractivity contribution in [3.05, 3.63) is 120 Å². The lowest BCUT2D eigenvalue weighted by Gasteiger charge is -2.39. The van der Waals surface area contributed by atoms with Crippen LogP contribution in [0, 0.1) is 13.8 Å². The number of hydrogen-bond acceptors (Lipinski definition) is 4. The average Bonchev–Trinajstić information content (AvgIpc) is 3.07. The minimum atomic E-state index is -4.35. The van der Waals surface area contributed by atoms with E-state index in [1.54, 1.807) is 12.1 Å². The number of amides is 1. The number of aryl methyl sites for hydroxylation is 3. The Balaban J connectivity index is 1.50. The van der Waals surface area contributed by atoms with Crippen molar-refractivity contribution < 1.29 is 22.7 Å². The molecular weight excluding hydrogens is 598 g/mol. The summed E-state index contributed by atoms with van der Waals surface area (Å²) in [5, 5.41) is 1.37. The van der Waals surface area contributed by atoms with Crippen LogP contribution in [-0.4, -0.2) is 29.0 Å². The smallest absolute Gasteiger partial charge is 0.409 e. The summed E-state index contributed by atoms with van der Waals surface area (Å²) in [6.45, 7) is 3.72. The second-order valence-corrected chi connectivity index (χ2v) is 12.1. The summed E-state index contributed by atoms with van der Waals surface area (Å²) in [4.78, 5) is 26.1. The zero-order chi connectivity index (χ0) is 32.4. The molecule has 0 bridgehead atoms. The Bertz CT molecular complexity index is 2200. The molecule has 6 aromatic rings. The van der Waals surface area contributed by atoms with Crippen molar-refractivity contribution in [2.24, 2.45) is 0 Å². The molecule has 0 atom stereocenters. The lowest BCUT2D eigenvalue weighted by molar-refractivity contribution is -0.134. The molecule has 0 spiro atoms. The fraction of sp³-hybridized carbons (Fsp3) is 0.132. The quantitative estimate of drug-likeness (QED) is 0.186. The van der Waals surface area contributed by atoms with Crippen LogP contribution in [0.5, 0.6) is 5.75 Å². The highest BCUT2D eigenvalue weighted by atomic mass is 19.4. The molecule has 2 aliphatic heterocycles. The van der Waals surface area contributed by atoms with Gasteiger partial charge < -0.3 is 4.74 Å². The number of alkyl halides is 3. The van der Waals surface area contributed by atoms with E-state index in [1.807, 2.05) is 78.9 Å². The van der Waals surface area contributed by atoms with Crippen LogP contribution in [0.2, 0.25) is 0 Å². The van der Waals surface area contributed by atoms with Gasteiger partial charge in [-0.25, -0.2) is 19.7 Å². The highest BCUT2D eigenvalue weighted by Crippen LogP contribution is 2.47. The van der Waals surface area contributed by atoms with E-state index in [0.29, 0.717) is 39.4 Å². The van der Waals surface area contributed by atoms with Crippen molar-refractivity contribution in [3.63, 3.8) is 0 Å². The highest BCUT2D eigenvalue weighted by Gasteiger charge is 2.46. The molecule has 0 radical (unpaired) electrons. The van der Waals surface area contributed by atoms with E-state index in [2.05, 4.69) is 26.0 Å². The van der Waals surface area contributed by atoms with Crippen LogP contribution < -0.4 is 26.2 Å². The first kappa shape index (κ1) is 29.0. The summed E-state index contributed by atoms with van der Waals surface area (Å²) in [5.41, 5.74) is 8.24. The van der Waals surface area contributed by atoms with Gasteiger partial charge in [0, 0.05) is 28.5 Å². The Morgan fingerprint density at radius 3 is 2.11 bits per heavy atom. The van der Waals surface area contributed by atoms with Gasteiger partial charge in [-0.05, 0) is 36.7 Å². The molecule has 1 amide bonds. The van der Waals surface area contributed by atoms with Gasteiger partial charge >= 0.3 is 12.3 Å². The maximum atomic E-state index is 14.3. The zero-order valence-electron chi connectivity index (χ0n) is 25.6. The van der Waals surface area contributed by atoms with E-state index >= 15 is 0 Å². The number of carbonyl (C=O) groups excluding carboxylic acids is 1. The number of halogens is 3. The van der Waals surface area contributed by atoms with E-state index in [0.717, 1.165) is 38.6 Å². The summed E-state index contributed by atoms with van der Waals surface area (Å²) >= 11 is 0. The number of anilines is 2. The SMILES string of the molecule is Cc1cccc(C)c1B1c2ccc3ccc(CCC(F)(F)F)c4c3c2N(C(=O)O4)c2c1nc(-c1ccccc1)nc2-c1ccccc1. The van der Waals surface area contributed by atoms with Crippen molar-refractivity contribution in [1.82, 2.24) is 9.97 Å². The van der Waals surface area contributed by atoms with Gasteiger partial charge in [0.25, 0.3) is 6.71 Å². The number of hydrogen-bond donors (Lipinski definition) is 0. The molecule has 1 aromatic heterocycles. The van der Waals surface area contributed by atoms with Gasteiger partial charge in [-0.2, -0.15) is 13.2 Å². The van der Waals surface area contributed by atoms with Crippen molar-refractivity contribution in [2.45, 2.75) is 32.9 Å². The van der Waals surface area contributed by atoms with Crippen molar-refractivity contribution in [2.75, 3.05) is 4.90 Å². The molecule has 3 heterocycles. The van der Waals surface area contributed by atoms with Crippen LogP contribution in [0.1, 0.15) is 23.1 Å². The third kappa shape index (κ3) is 4.76. The minimum Gasteiger partial charge on any atom is -0.409 e. The van der Waals surface area contributed by atoms with Gasteiger partial charge in [0.15, 0.2) is 5.82 Å². The lowest BCUT2D eigenvalue weighted by atomic mass is 9.35. The summed E-state index contributed by atoms with van der Waals surface area (Å²) in [6.07, 6.45) is -6.39. The average molecular weight is 625 g/mol. The Kier molecular flexibility index (Phi) is 6.68. The standard InChI is InChI=1S/C38H27BF3N3O2/c1-22-10-9-11-23(2)30(22)39-28-19-18-24-16-17-26(20-21-38(40,41)42)34-29(24)32(28)45(37(46)47-34)33-31(25-12-5-3-6-13-25)43-36(44-35(33)39)27-14-7-4-8-15-27/h3-19H,20-21H2,1-2H3. The summed E-state index contributed by atoms with van der Waals surface area (Å²) in [7, 11) is 0. The molecular formula is C38H27BF3N3O2. The van der Waals surface area contributed by atoms with Crippen LogP contribution in [0.15, 0.2) is 103 Å². The van der Waals surface area contributed by atoms with Crippen molar-refractivity contribution in [1.29, 1.82) is 0 Å². The summed E-state index contributed by atoms with van der Waals surface area (Å²) < 4.78 is 46.1. The highest BCUT2D eigenvalue weighted by molar-refractivity contribution is 6.98. The molecule has 5 nitrogen and oxygen atoms in total. The number of fused-ring (bicyclic) bond motifs is 2. The van der Waals surface area contributed by atoms with Gasteiger partial charge in [-0.15, -0.1) is 0 Å². The largest absolute Gasteiger partial charge is 0.424 e. The maximum absolute atomic E-state index is 14.3. The normalized spacial score (nSPS) is 13.5. The summed E-state index contributed by atoms with van der Waals surface area (Å²) in [5.74, 6) is 0.695. The Hall–Kier alpha value is -5.44. The minimum absolute atomic E-state index is 0.177. The number of aromatic nitrogens is 2. The predicted molar refractivity (Wildman–Crippen MR) is 180 cm³/mol. The lowest BCUT2D eigenvalue weighted by Crippen LogP contribution is -2.62. The molecule has 0 aliphatic carbocycles. The number of ether oxygens (including phenoxy) is 1. The van der Waals surface area contributed by atoms with Crippen molar-refractivity contribution >= 4 is 51.5 Å². The van der Waals surface area contributed by atoms with Gasteiger partial charge in [0.1, 0.15) is 5.75 Å². The molecule has 0 unspecified atom stereocenters. The molecule has 2 aliphatic rings. The first-order valence-corrected chi connectivity index (χ1v) is 15.5. The van der Waals surface area contributed by atoms with Crippen LogP contribution in [0.3, 0.4) is 0 Å². The first-order chi connectivity index (χ1) is 22.7. The molecule has 0 N–H and O–H groups in total. The fourth-order valence-corrected chi connectivity index (χ4v) is 7.05.